The number of benzene rings is 1. The predicted octanol–water partition coefficient (Wildman–Crippen LogP) is 2.55. The number of rotatable bonds is 3. The Hall–Kier alpha value is -2.47. The summed E-state index contributed by atoms with van der Waals surface area (Å²) in [5.74, 6) is 0.891. The van der Waals surface area contributed by atoms with Gasteiger partial charge in [-0.15, -0.1) is 0 Å². The lowest BCUT2D eigenvalue weighted by molar-refractivity contribution is -0.120. The molecule has 6 nitrogen and oxygen atoms in total. The van der Waals surface area contributed by atoms with Crippen LogP contribution in [0.4, 0.5) is 11.6 Å². The Morgan fingerprint density at radius 1 is 1.11 bits per heavy atom. The van der Waals surface area contributed by atoms with E-state index >= 15 is 0 Å². The number of carbonyl (C=O) groups is 1. The van der Waals surface area contributed by atoms with Crippen LogP contribution in [-0.4, -0.2) is 42.2 Å². The Labute approximate surface area is 165 Å². The van der Waals surface area contributed by atoms with Crippen molar-refractivity contribution < 1.29 is 9.53 Å². The van der Waals surface area contributed by atoms with E-state index in [9.17, 15) is 4.79 Å². The summed E-state index contributed by atoms with van der Waals surface area (Å²) in [7, 11) is 0. The molecule has 2 aliphatic carbocycles. The highest BCUT2D eigenvalue weighted by atomic mass is 16.5. The Balaban J connectivity index is 1.25. The van der Waals surface area contributed by atoms with Crippen molar-refractivity contribution in [3.05, 3.63) is 46.8 Å². The first-order chi connectivity index (χ1) is 13.8. The van der Waals surface area contributed by atoms with Crippen LogP contribution in [0.2, 0.25) is 0 Å². The van der Waals surface area contributed by atoms with Crippen molar-refractivity contribution in [2.75, 3.05) is 36.5 Å². The molecule has 6 heteroatoms. The molecule has 3 aliphatic rings. The number of nitrogens with one attached hydrogen (secondary N) is 1. The highest BCUT2D eigenvalue weighted by molar-refractivity contribution is 5.93. The van der Waals surface area contributed by atoms with Gasteiger partial charge in [-0.2, -0.15) is 0 Å². The third-order valence-corrected chi connectivity index (χ3v) is 6.17. The number of nitrogens with zero attached hydrogens (tertiary/aromatic N) is 3. The molecule has 1 N–H and O–H groups in total. The van der Waals surface area contributed by atoms with Crippen LogP contribution in [0.5, 0.6) is 0 Å². The highest BCUT2D eigenvalue weighted by Crippen LogP contribution is 2.28. The minimum atomic E-state index is -0.0152. The Morgan fingerprint density at radius 2 is 1.96 bits per heavy atom. The number of anilines is 2. The largest absolute Gasteiger partial charge is 0.378 e. The summed E-state index contributed by atoms with van der Waals surface area (Å²) < 4.78 is 5.41. The van der Waals surface area contributed by atoms with Gasteiger partial charge < -0.3 is 15.0 Å². The molecule has 0 spiro atoms. The summed E-state index contributed by atoms with van der Waals surface area (Å²) in [6.45, 7) is 3.13. The van der Waals surface area contributed by atoms with Gasteiger partial charge >= 0.3 is 0 Å². The van der Waals surface area contributed by atoms with Gasteiger partial charge in [0.1, 0.15) is 0 Å². The van der Waals surface area contributed by atoms with E-state index in [0.717, 1.165) is 81.3 Å². The molecule has 1 saturated heterocycles. The second-order valence-corrected chi connectivity index (χ2v) is 8.01. The molecule has 1 aromatic heterocycles. The summed E-state index contributed by atoms with van der Waals surface area (Å²) >= 11 is 0. The van der Waals surface area contributed by atoms with Gasteiger partial charge in [-0.1, -0.05) is 6.07 Å². The van der Waals surface area contributed by atoms with Crippen LogP contribution in [-0.2, 0) is 35.2 Å². The average Bonchev–Trinajstić information content (AvgIpc) is 3.21. The van der Waals surface area contributed by atoms with Crippen molar-refractivity contribution in [1.29, 1.82) is 0 Å². The fourth-order valence-electron chi connectivity index (χ4n) is 4.53. The highest BCUT2D eigenvalue weighted by Gasteiger charge is 2.27. The van der Waals surface area contributed by atoms with Crippen LogP contribution in [0.25, 0.3) is 0 Å². The number of hydrogen-bond acceptors (Lipinski definition) is 5. The van der Waals surface area contributed by atoms with E-state index in [-0.39, 0.29) is 11.8 Å². The monoisotopic (exact) mass is 378 g/mol. The molecule has 0 bridgehead atoms. The molecule has 146 valence electrons. The number of aryl methyl sites for hydroxylation is 3. The molecule has 1 amide bonds. The maximum atomic E-state index is 12.8. The fourth-order valence-corrected chi connectivity index (χ4v) is 4.53. The van der Waals surface area contributed by atoms with Crippen molar-refractivity contribution >= 4 is 17.5 Å². The lowest BCUT2D eigenvalue weighted by Crippen LogP contribution is -2.38. The van der Waals surface area contributed by atoms with Crippen LogP contribution in [0.1, 0.15) is 35.2 Å². The zero-order valence-corrected chi connectivity index (χ0v) is 16.1. The molecule has 28 heavy (non-hydrogen) atoms. The molecule has 1 aliphatic heterocycles. The first-order valence-corrected chi connectivity index (χ1v) is 10.4. The van der Waals surface area contributed by atoms with E-state index in [1.807, 2.05) is 12.3 Å². The lowest BCUT2D eigenvalue weighted by atomic mass is 9.86. The number of carbonyl (C=O) groups excluding carboxylic acids is 1. The number of morpholine rings is 1. The molecule has 0 saturated carbocycles. The topological polar surface area (TPSA) is 67.4 Å². The predicted molar refractivity (Wildman–Crippen MR) is 108 cm³/mol. The second-order valence-electron chi connectivity index (χ2n) is 8.01. The van der Waals surface area contributed by atoms with Crippen LogP contribution in [0.3, 0.4) is 0 Å². The minimum absolute atomic E-state index is 0.0152. The van der Waals surface area contributed by atoms with Gasteiger partial charge in [0.05, 0.1) is 13.2 Å². The maximum Gasteiger partial charge on any atom is 0.227 e. The first-order valence-electron chi connectivity index (χ1n) is 10.4. The SMILES string of the molecule is O=C(Nc1ccc2c(c1)CCC2)[C@H]1CCc2nc(N3CCOCC3)ncc2C1. The standard InChI is InChI=1S/C22H26N4O2/c27-21(24-19-6-4-15-2-1-3-16(15)13-19)17-5-7-20-18(12-17)14-23-22(25-20)26-8-10-28-11-9-26/h4,6,13-14,17H,1-3,5,7-12H2,(H,24,27)/t17-/m0/s1. The number of amides is 1. The molecular formula is C22H26N4O2. The first kappa shape index (κ1) is 17.6. The molecule has 1 fully saturated rings. The smallest absolute Gasteiger partial charge is 0.227 e. The van der Waals surface area contributed by atoms with Crippen molar-refractivity contribution in [3.8, 4) is 0 Å². The van der Waals surface area contributed by atoms with Crippen LogP contribution >= 0.6 is 0 Å². The van der Waals surface area contributed by atoms with E-state index in [0.29, 0.717) is 0 Å². The van der Waals surface area contributed by atoms with Crippen molar-refractivity contribution in [2.45, 2.75) is 38.5 Å². The van der Waals surface area contributed by atoms with Gasteiger partial charge in [0.25, 0.3) is 0 Å². The third kappa shape index (κ3) is 3.49. The third-order valence-electron chi connectivity index (χ3n) is 6.17. The minimum Gasteiger partial charge on any atom is -0.378 e. The Bertz CT molecular complexity index is 892. The number of hydrogen-bond donors (Lipinski definition) is 1. The van der Waals surface area contributed by atoms with Gasteiger partial charge in [-0.3, -0.25) is 4.79 Å². The molecule has 5 rings (SSSR count). The van der Waals surface area contributed by atoms with Gasteiger partial charge in [0.15, 0.2) is 0 Å². The normalized spacial score (nSPS) is 21.1. The zero-order chi connectivity index (χ0) is 18.9. The Morgan fingerprint density at radius 3 is 2.86 bits per heavy atom. The molecular weight excluding hydrogens is 352 g/mol. The maximum absolute atomic E-state index is 12.8. The van der Waals surface area contributed by atoms with Crippen molar-refractivity contribution in [1.82, 2.24) is 9.97 Å². The molecule has 1 atom stereocenters. The number of fused-ring (bicyclic) bond motifs is 2. The van der Waals surface area contributed by atoms with Gasteiger partial charge in [-0.05, 0) is 67.3 Å². The number of ether oxygens (including phenoxy) is 1. The quantitative estimate of drug-likeness (QED) is 0.889. The van der Waals surface area contributed by atoms with E-state index in [1.165, 1.54) is 17.5 Å². The van der Waals surface area contributed by atoms with Crippen molar-refractivity contribution in [2.24, 2.45) is 5.92 Å². The zero-order valence-electron chi connectivity index (χ0n) is 16.1. The number of aromatic nitrogens is 2. The van der Waals surface area contributed by atoms with E-state index < -0.39 is 0 Å². The van der Waals surface area contributed by atoms with E-state index in [1.54, 1.807) is 0 Å². The molecule has 0 radical (unpaired) electrons. The summed E-state index contributed by atoms with van der Waals surface area (Å²) in [6.07, 6.45) is 7.81. The van der Waals surface area contributed by atoms with Crippen LogP contribution < -0.4 is 10.2 Å². The molecule has 0 unspecified atom stereocenters. The summed E-state index contributed by atoms with van der Waals surface area (Å²) in [5.41, 5.74) is 5.94. The molecule has 1 aromatic carbocycles. The summed E-state index contributed by atoms with van der Waals surface area (Å²) in [4.78, 5) is 24.3. The van der Waals surface area contributed by atoms with Crippen molar-refractivity contribution in [3.63, 3.8) is 0 Å². The Kier molecular flexibility index (Phi) is 4.72. The molecule has 2 aromatic rings. The second kappa shape index (κ2) is 7.51. The lowest BCUT2D eigenvalue weighted by Gasteiger charge is -2.28. The molecule has 2 heterocycles. The van der Waals surface area contributed by atoms with E-state index in [4.69, 9.17) is 9.72 Å². The van der Waals surface area contributed by atoms with Gasteiger partial charge in [0, 0.05) is 36.6 Å². The summed E-state index contributed by atoms with van der Waals surface area (Å²) in [5, 5.41) is 3.13. The van der Waals surface area contributed by atoms with Crippen LogP contribution in [0.15, 0.2) is 24.4 Å². The summed E-state index contributed by atoms with van der Waals surface area (Å²) in [6, 6.07) is 6.35. The van der Waals surface area contributed by atoms with E-state index in [2.05, 4.69) is 27.3 Å². The fraction of sp³-hybridized carbons (Fsp3) is 0.500. The van der Waals surface area contributed by atoms with Crippen LogP contribution in [0, 0.1) is 5.92 Å². The average molecular weight is 378 g/mol. The van der Waals surface area contributed by atoms with Gasteiger partial charge in [-0.25, -0.2) is 9.97 Å². The van der Waals surface area contributed by atoms with Gasteiger partial charge in [0.2, 0.25) is 11.9 Å².